The molecule has 0 saturated heterocycles. The molecule has 0 saturated carbocycles. The van der Waals surface area contributed by atoms with Gasteiger partial charge in [-0.2, -0.15) is 0 Å². The Bertz CT molecular complexity index is 2590. The zero-order valence-electron chi connectivity index (χ0n) is 26.9. The molecule has 7 aromatic carbocycles. The van der Waals surface area contributed by atoms with Gasteiger partial charge in [0.1, 0.15) is 5.82 Å². The van der Waals surface area contributed by atoms with Gasteiger partial charge in [0.2, 0.25) is 0 Å². The number of halogens is 1. The van der Waals surface area contributed by atoms with Gasteiger partial charge in [0, 0.05) is 33.0 Å². The Balaban J connectivity index is 1.31. The van der Waals surface area contributed by atoms with Crippen LogP contribution in [0.2, 0.25) is 0 Å². The number of benzene rings is 7. The van der Waals surface area contributed by atoms with Gasteiger partial charge in [0.25, 0.3) is 0 Å². The highest BCUT2D eigenvalue weighted by molar-refractivity contribution is 6.11. The number of nitrogens with zero attached hydrogens (tertiary/aromatic N) is 4. The minimum absolute atomic E-state index is 0.287. The Morgan fingerprint density at radius 1 is 0.360 bits per heavy atom. The SMILES string of the molecule is Fc1cccc(-c2ccc(-c3nc(-c4ccccc4)nc(-c4ccccc4)n3)cc2-n2c3ccccc3c3cc(-c4ccccc4)ccc32)c1. The van der Waals surface area contributed by atoms with Gasteiger partial charge in [-0.05, 0) is 53.1 Å². The van der Waals surface area contributed by atoms with Crippen molar-refractivity contribution in [3.63, 3.8) is 0 Å². The van der Waals surface area contributed by atoms with Crippen molar-refractivity contribution in [2.24, 2.45) is 0 Å². The van der Waals surface area contributed by atoms with Gasteiger partial charge in [-0.3, -0.25) is 0 Å². The summed E-state index contributed by atoms with van der Waals surface area (Å²) in [6.45, 7) is 0. The second kappa shape index (κ2) is 12.4. The molecular formula is C45H29FN4. The van der Waals surface area contributed by atoms with E-state index in [1.165, 1.54) is 6.07 Å². The standard InChI is InChI=1S/C45H29FN4/c46-36-20-12-19-34(27-36)37-25-23-35(45-48-43(31-15-6-2-7-16-31)47-44(49-45)32-17-8-3-9-18-32)29-42(37)50-40-22-11-10-21-38(40)39-28-33(24-26-41(39)50)30-13-4-1-5-14-30/h1-29H. The molecule has 0 fully saturated rings. The van der Waals surface area contributed by atoms with Crippen LogP contribution >= 0.6 is 0 Å². The first-order chi connectivity index (χ1) is 24.7. The number of rotatable bonds is 6. The molecule has 236 valence electrons. The summed E-state index contributed by atoms with van der Waals surface area (Å²) in [5, 5.41) is 2.27. The van der Waals surface area contributed by atoms with Gasteiger partial charge in [0.15, 0.2) is 17.5 Å². The quantitative estimate of drug-likeness (QED) is 0.181. The van der Waals surface area contributed by atoms with E-state index < -0.39 is 0 Å². The largest absolute Gasteiger partial charge is 0.309 e. The van der Waals surface area contributed by atoms with Crippen molar-refractivity contribution in [3.05, 3.63) is 182 Å². The van der Waals surface area contributed by atoms with Crippen molar-refractivity contribution in [2.45, 2.75) is 0 Å². The van der Waals surface area contributed by atoms with Crippen LogP contribution in [-0.2, 0) is 0 Å². The molecule has 4 nitrogen and oxygen atoms in total. The van der Waals surface area contributed by atoms with E-state index in [4.69, 9.17) is 15.0 Å². The minimum atomic E-state index is -0.287. The van der Waals surface area contributed by atoms with E-state index in [9.17, 15) is 4.39 Å². The van der Waals surface area contributed by atoms with E-state index in [1.807, 2.05) is 84.9 Å². The van der Waals surface area contributed by atoms with Crippen LogP contribution in [0.3, 0.4) is 0 Å². The average Bonchev–Trinajstić information content (AvgIpc) is 3.52. The van der Waals surface area contributed by atoms with E-state index in [0.29, 0.717) is 17.5 Å². The second-order valence-corrected chi connectivity index (χ2v) is 12.2. The third kappa shape index (κ3) is 5.31. The third-order valence-corrected chi connectivity index (χ3v) is 9.11. The fourth-order valence-corrected chi connectivity index (χ4v) is 6.74. The number of hydrogen-bond donors (Lipinski definition) is 0. The molecule has 0 unspecified atom stereocenters. The smallest absolute Gasteiger partial charge is 0.164 e. The molecule has 0 radical (unpaired) electrons. The Hall–Kier alpha value is -6.72. The molecular weight excluding hydrogens is 616 g/mol. The molecule has 50 heavy (non-hydrogen) atoms. The summed E-state index contributed by atoms with van der Waals surface area (Å²) in [7, 11) is 0. The van der Waals surface area contributed by atoms with Crippen molar-refractivity contribution in [1.82, 2.24) is 19.5 Å². The molecule has 0 aliphatic carbocycles. The van der Waals surface area contributed by atoms with Gasteiger partial charge in [-0.15, -0.1) is 0 Å². The highest BCUT2D eigenvalue weighted by atomic mass is 19.1. The number of para-hydroxylation sites is 1. The Kier molecular flexibility index (Phi) is 7.29. The van der Waals surface area contributed by atoms with Crippen molar-refractivity contribution in [1.29, 1.82) is 0 Å². The first-order valence-corrected chi connectivity index (χ1v) is 16.6. The van der Waals surface area contributed by atoms with E-state index in [0.717, 1.165) is 66.4 Å². The molecule has 0 atom stereocenters. The molecule has 2 aromatic heterocycles. The Morgan fingerprint density at radius 3 is 1.56 bits per heavy atom. The molecule has 5 heteroatoms. The van der Waals surface area contributed by atoms with Crippen molar-refractivity contribution in [2.75, 3.05) is 0 Å². The van der Waals surface area contributed by atoms with Crippen LogP contribution in [0.4, 0.5) is 4.39 Å². The highest BCUT2D eigenvalue weighted by Crippen LogP contribution is 2.39. The fraction of sp³-hybridized carbons (Fsp3) is 0. The van der Waals surface area contributed by atoms with Crippen molar-refractivity contribution >= 4 is 21.8 Å². The first kappa shape index (κ1) is 29.4. The van der Waals surface area contributed by atoms with E-state index in [1.54, 1.807) is 12.1 Å². The van der Waals surface area contributed by atoms with Crippen LogP contribution in [-0.4, -0.2) is 19.5 Å². The lowest BCUT2D eigenvalue weighted by molar-refractivity contribution is 0.628. The minimum Gasteiger partial charge on any atom is -0.309 e. The van der Waals surface area contributed by atoms with Crippen LogP contribution in [0.15, 0.2) is 176 Å². The number of hydrogen-bond acceptors (Lipinski definition) is 3. The predicted molar refractivity (Wildman–Crippen MR) is 201 cm³/mol. The topological polar surface area (TPSA) is 43.6 Å². The Morgan fingerprint density at radius 2 is 0.900 bits per heavy atom. The van der Waals surface area contributed by atoms with Gasteiger partial charge in [-0.25, -0.2) is 19.3 Å². The van der Waals surface area contributed by atoms with E-state index in [-0.39, 0.29) is 5.82 Å². The molecule has 0 amide bonds. The third-order valence-electron chi connectivity index (χ3n) is 9.11. The molecule has 0 spiro atoms. The lowest BCUT2D eigenvalue weighted by Crippen LogP contribution is -2.02. The van der Waals surface area contributed by atoms with Crippen molar-refractivity contribution < 1.29 is 4.39 Å². The van der Waals surface area contributed by atoms with Crippen LogP contribution in [0.5, 0.6) is 0 Å². The van der Waals surface area contributed by atoms with Crippen LogP contribution in [0.25, 0.3) is 83.9 Å². The molecule has 2 heterocycles. The molecule has 0 aliphatic rings. The monoisotopic (exact) mass is 644 g/mol. The van der Waals surface area contributed by atoms with E-state index in [2.05, 4.69) is 77.4 Å². The lowest BCUT2D eigenvalue weighted by Gasteiger charge is -2.16. The van der Waals surface area contributed by atoms with Gasteiger partial charge in [0.05, 0.1) is 16.7 Å². The zero-order valence-corrected chi connectivity index (χ0v) is 26.9. The zero-order chi connectivity index (χ0) is 33.4. The maximum absolute atomic E-state index is 14.8. The number of aromatic nitrogens is 4. The summed E-state index contributed by atoms with van der Waals surface area (Å²) in [6.07, 6.45) is 0. The lowest BCUT2D eigenvalue weighted by atomic mass is 10.00. The summed E-state index contributed by atoms with van der Waals surface area (Å²) in [5.41, 5.74) is 9.60. The summed E-state index contributed by atoms with van der Waals surface area (Å²) >= 11 is 0. The van der Waals surface area contributed by atoms with Crippen LogP contribution < -0.4 is 0 Å². The summed E-state index contributed by atoms with van der Waals surface area (Å²) < 4.78 is 17.0. The summed E-state index contributed by atoms with van der Waals surface area (Å²) in [4.78, 5) is 14.9. The molecule has 9 aromatic rings. The normalized spacial score (nSPS) is 11.3. The molecule has 9 rings (SSSR count). The molecule has 0 bridgehead atoms. The van der Waals surface area contributed by atoms with Gasteiger partial charge in [-0.1, -0.05) is 140 Å². The average molecular weight is 645 g/mol. The van der Waals surface area contributed by atoms with Gasteiger partial charge >= 0.3 is 0 Å². The summed E-state index contributed by atoms with van der Waals surface area (Å²) in [5.74, 6) is 1.45. The summed E-state index contributed by atoms with van der Waals surface area (Å²) in [6, 6.07) is 58.4. The van der Waals surface area contributed by atoms with Crippen LogP contribution in [0, 0.1) is 5.82 Å². The molecule has 0 N–H and O–H groups in total. The second-order valence-electron chi connectivity index (χ2n) is 12.2. The van der Waals surface area contributed by atoms with Gasteiger partial charge < -0.3 is 4.57 Å². The first-order valence-electron chi connectivity index (χ1n) is 16.6. The molecule has 0 aliphatic heterocycles. The van der Waals surface area contributed by atoms with Crippen molar-refractivity contribution in [3.8, 4) is 62.1 Å². The maximum atomic E-state index is 14.8. The predicted octanol–water partition coefficient (Wildman–Crippen LogP) is 11.4. The Labute approximate surface area is 288 Å². The van der Waals surface area contributed by atoms with E-state index >= 15 is 0 Å². The van der Waals surface area contributed by atoms with Crippen LogP contribution in [0.1, 0.15) is 0 Å². The maximum Gasteiger partial charge on any atom is 0.164 e. The fourth-order valence-electron chi connectivity index (χ4n) is 6.74. The highest BCUT2D eigenvalue weighted by Gasteiger charge is 2.19. The number of fused-ring (bicyclic) bond motifs is 3.